The molecule has 5 heterocycles. The first-order valence-electron chi connectivity index (χ1n) is 22.1. The second-order valence-electron chi connectivity index (χ2n) is 19.3. The van der Waals surface area contributed by atoms with E-state index in [2.05, 4.69) is 35.6 Å². The third-order valence-electron chi connectivity index (χ3n) is 16.4. The molecule has 7 N–H and O–H groups in total. The minimum absolute atomic E-state index is 0.00364. The van der Waals surface area contributed by atoms with Crippen molar-refractivity contribution in [1.82, 2.24) is 4.90 Å². The third kappa shape index (κ3) is 6.68. The summed E-state index contributed by atoms with van der Waals surface area (Å²) in [4.78, 5) is 57.7. The fourth-order valence-corrected chi connectivity index (χ4v) is 16.6. The molecule has 17 unspecified atom stereocenters. The van der Waals surface area contributed by atoms with Crippen molar-refractivity contribution in [2.45, 2.75) is 138 Å². The predicted molar refractivity (Wildman–Crippen MR) is 219 cm³/mol. The fourth-order valence-electron chi connectivity index (χ4n) is 13.5. The first kappa shape index (κ1) is 41.2. The molecule has 12 nitrogen and oxygen atoms in total. The molecule has 9 aliphatic rings. The van der Waals surface area contributed by atoms with Gasteiger partial charge in [-0.25, -0.2) is 4.79 Å². The topological polar surface area (TPSA) is 179 Å². The standard InChI is InChI=1S/C44H62N4O8S2/c1-5-22(2)41(52)56-43(3)11-10-24-21-57-58-34-16-29-31(50)9-8-30-37(39(29)46-4)40(34)48(30)36(51)15-27-20-47-35(45)17-28(27)38(24)44(43)19-26-14-25-13-23(7-6-12-49)42(53)54-32(25)18-33(26)55-44/h5,8-10,23,25-30,32-35,37-40,46-47,49H,6-7,11-21,45H2,1-4H3/p+2. The normalized spacial score (nSPS) is 47.2. The summed E-state index contributed by atoms with van der Waals surface area (Å²) >= 11 is 0. The van der Waals surface area contributed by atoms with Gasteiger partial charge in [-0.15, -0.1) is 0 Å². The minimum Gasteiger partial charge on any atom is -0.462 e. The molecule has 0 aromatic carbocycles. The molecule has 5 aliphatic heterocycles. The van der Waals surface area contributed by atoms with Crippen LogP contribution in [-0.4, -0.2) is 113 Å². The molecule has 1 amide bonds. The van der Waals surface area contributed by atoms with Crippen molar-refractivity contribution in [1.29, 1.82) is 0 Å². The van der Waals surface area contributed by atoms with Gasteiger partial charge in [-0.3, -0.25) is 20.1 Å². The minimum atomic E-state index is -1.01. The zero-order valence-corrected chi connectivity index (χ0v) is 36.1. The van der Waals surface area contributed by atoms with Gasteiger partial charge in [0.1, 0.15) is 29.5 Å². The number of esters is 2. The van der Waals surface area contributed by atoms with E-state index >= 15 is 0 Å². The van der Waals surface area contributed by atoms with Crippen LogP contribution in [0.1, 0.15) is 85.0 Å². The molecule has 0 aromatic heterocycles. The average Bonchev–Trinajstić information content (AvgIpc) is 3.56. The predicted octanol–water partition coefficient (Wildman–Crippen LogP) is 2.01. The number of aliphatic hydroxyl groups excluding tert-OH is 1. The second kappa shape index (κ2) is 15.9. The molecule has 2 bridgehead atoms. The lowest BCUT2D eigenvalue weighted by Gasteiger charge is -2.61. The van der Waals surface area contributed by atoms with Gasteiger partial charge < -0.3 is 34.9 Å². The SMILES string of the molecule is CC=C(C)C(=O)OC1(C)CC=C2CSSC3CC4C(=O)C=CC5C(C4[NH2+]C)C3N5C(=O)CC3C[NH2+]C(N)CC3C2C12CC1CC3CC(CCCO)C(=O)OC3CC1O2. The van der Waals surface area contributed by atoms with Gasteiger partial charge in [0.25, 0.3) is 0 Å². The number of allylic oxidation sites excluding steroid dienone is 2. The maximum atomic E-state index is 14.9. The van der Waals surface area contributed by atoms with Crippen molar-refractivity contribution >= 4 is 45.2 Å². The number of hydrogen-bond donors (Lipinski definition) is 4. The number of ketones is 1. The Labute approximate surface area is 350 Å². The molecule has 9 rings (SSSR count). The molecule has 2 saturated carbocycles. The summed E-state index contributed by atoms with van der Waals surface area (Å²) in [6, 6.07) is 0.190. The number of amides is 1. The number of carbonyl (C=O) groups excluding carboxylic acids is 4. The maximum Gasteiger partial charge on any atom is 0.334 e. The highest BCUT2D eigenvalue weighted by molar-refractivity contribution is 8.77. The molecule has 1 spiro atoms. The van der Waals surface area contributed by atoms with Crippen LogP contribution < -0.4 is 16.4 Å². The second-order valence-corrected chi connectivity index (χ2v) is 21.9. The van der Waals surface area contributed by atoms with Crippen LogP contribution in [0.15, 0.2) is 35.5 Å². The van der Waals surface area contributed by atoms with Crippen LogP contribution in [0.2, 0.25) is 0 Å². The Morgan fingerprint density at radius 2 is 1.98 bits per heavy atom. The summed E-state index contributed by atoms with van der Waals surface area (Å²) in [5.74, 6) is 0.810. The smallest absolute Gasteiger partial charge is 0.334 e. The van der Waals surface area contributed by atoms with Gasteiger partial charge in [-0.1, -0.05) is 45.4 Å². The number of piperidine rings is 1. The average molecular weight is 841 g/mol. The van der Waals surface area contributed by atoms with Crippen molar-refractivity contribution in [2.24, 2.45) is 53.1 Å². The van der Waals surface area contributed by atoms with Gasteiger partial charge in [0, 0.05) is 60.7 Å². The molecule has 7 fully saturated rings. The first-order chi connectivity index (χ1) is 27.9. The highest BCUT2D eigenvalue weighted by atomic mass is 33.1. The number of aliphatic hydroxyl groups is 1. The summed E-state index contributed by atoms with van der Waals surface area (Å²) in [5.41, 5.74) is 6.80. The lowest BCUT2D eigenvalue weighted by atomic mass is 9.56. The van der Waals surface area contributed by atoms with Crippen LogP contribution in [0.3, 0.4) is 0 Å². The Bertz CT molecular complexity index is 1770. The lowest BCUT2D eigenvalue weighted by Crippen LogP contribution is -2.96. The Morgan fingerprint density at radius 3 is 2.76 bits per heavy atom. The van der Waals surface area contributed by atoms with Crippen LogP contribution in [0, 0.1) is 47.3 Å². The quantitative estimate of drug-likeness (QED) is 0.133. The van der Waals surface area contributed by atoms with Crippen molar-refractivity contribution < 1.29 is 49.1 Å². The first-order valence-corrected chi connectivity index (χ1v) is 24.5. The molecular weight excluding hydrogens is 777 g/mol. The number of quaternary nitrogens is 2. The molecule has 17 atom stereocenters. The molecule has 58 heavy (non-hydrogen) atoms. The summed E-state index contributed by atoms with van der Waals surface area (Å²) < 4.78 is 20.5. The number of nitrogens with two attached hydrogens (primary N) is 3. The van der Waals surface area contributed by atoms with Crippen LogP contribution >= 0.6 is 21.6 Å². The molecule has 0 aromatic rings. The van der Waals surface area contributed by atoms with E-state index in [0.29, 0.717) is 57.1 Å². The van der Waals surface area contributed by atoms with E-state index in [1.165, 1.54) is 5.57 Å². The van der Waals surface area contributed by atoms with Gasteiger partial charge >= 0.3 is 11.9 Å². The van der Waals surface area contributed by atoms with E-state index in [1.807, 2.05) is 34.6 Å². The van der Waals surface area contributed by atoms with Crippen LogP contribution in [0.4, 0.5) is 0 Å². The molecule has 5 saturated heterocycles. The number of nitrogens with zero attached hydrogens (tertiary/aromatic N) is 1. The molecule has 14 heteroatoms. The van der Waals surface area contributed by atoms with E-state index in [0.717, 1.165) is 25.0 Å². The van der Waals surface area contributed by atoms with E-state index in [1.54, 1.807) is 19.1 Å². The fraction of sp³-hybridized carbons (Fsp3) is 0.773. The summed E-state index contributed by atoms with van der Waals surface area (Å²) in [6.45, 7) is 6.49. The van der Waals surface area contributed by atoms with Gasteiger partial charge in [0.2, 0.25) is 5.91 Å². The summed E-state index contributed by atoms with van der Waals surface area (Å²) in [6.07, 6.45) is 13.8. The number of rotatable bonds is 6. The lowest BCUT2D eigenvalue weighted by molar-refractivity contribution is -0.706. The van der Waals surface area contributed by atoms with E-state index in [4.69, 9.17) is 19.9 Å². The van der Waals surface area contributed by atoms with Gasteiger partial charge in [0.05, 0.1) is 49.5 Å². The summed E-state index contributed by atoms with van der Waals surface area (Å²) in [7, 11) is 5.77. The zero-order valence-electron chi connectivity index (χ0n) is 34.5. The van der Waals surface area contributed by atoms with Crippen molar-refractivity contribution in [3.63, 3.8) is 0 Å². The van der Waals surface area contributed by atoms with Crippen molar-refractivity contribution in [2.75, 3.05) is 26.0 Å². The summed E-state index contributed by atoms with van der Waals surface area (Å²) in [5, 5.41) is 14.1. The molecular formula is C44H64N4O8S2+2. The van der Waals surface area contributed by atoms with Gasteiger partial charge in [0.15, 0.2) is 5.78 Å². The number of carbonyl (C=O) groups is 4. The third-order valence-corrected chi connectivity index (χ3v) is 19.3. The van der Waals surface area contributed by atoms with Crippen molar-refractivity contribution in [3.8, 4) is 0 Å². The monoisotopic (exact) mass is 840 g/mol. The largest absolute Gasteiger partial charge is 0.462 e. The molecule has 318 valence electrons. The Morgan fingerprint density at radius 1 is 1.16 bits per heavy atom. The van der Waals surface area contributed by atoms with E-state index in [9.17, 15) is 24.3 Å². The number of ether oxygens (including phenoxy) is 3. The van der Waals surface area contributed by atoms with Crippen LogP contribution in [-0.2, 0) is 33.4 Å². The maximum absolute atomic E-state index is 14.9. The molecule has 4 aliphatic carbocycles. The Balaban J connectivity index is 1.10. The number of hydrogen-bond acceptors (Lipinski definition) is 11. The van der Waals surface area contributed by atoms with E-state index in [-0.39, 0.29) is 119 Å². The van der Waals surface area contributed by atoms with Gasteiger partial charge in [-0.2, -0.15) is 0 Å². The highest BCUT2D eigenvalue weighted by Gasteiger charge is 2.69. The Kier molecular flexibility index (Phi) is 11.3. The number of fused-ring (bicyclic) bond motifs is 8. The van der Waals surface area contributed by atoms with Gasteiger partial charge in [-0.05, 0) is 83.1 Å². The van der Waals surface area contributed by atoms with Crippen LogP contribution in [0.25, 0.3) is 0 Å². The van der Waals surface area contributed by atoms with Crippen molar-refractivity contribution in [3.05, 3.63) is 35.5 Å². The zero-order chi connectivity index (χ0) is 40.7. The highest BCUT2D eigenvalue weighted by Crippen LogP contribution is 2.63. The van der Waals surface area contributed by atoms with E-state index < -0.39 is 11.2 Å². The Hall–Kier alpha value is -2.20. The van der Waals surface area contributed by atoms with Crippen LogP contribution in [0.5, 0.6) is 0 Å². The molecule has 0 radical (unpaired) electrons.